The molecule has 3 aliphatic heterocycles. The van der Waals surface area contributed by atoms with Crippen LogP contribution in [0.3, 0.4) is 0 Å². The van der Waals surface area contributed by atoms with Crippen LogP contribution in [0, 0.1) is 24.2 Å². The molecule has 0 saturated carbocycles. The van der Waals surface area contributed by atoms with Crippen LogP contribution >= 0.6 is 23.4 Å². The monoisotopic (exact) mass is 581 g/mol. The number of aryl methyl sites for hydroxylation is 1. The highest BCUT2D eigenvalue weighted by Gasteiger charge is 2.47. The summed E-state index contributed by atoms with van der Waals surface area (Å²) in [4.78, 5) is 19.2. The molecular weight excluding hydrogens is 546 g/mol. The molecule has 0 unspecified atom stereocenters. The van der Waals surface area contributed by atoms with Crippen LogP contribution in [0.2, 0.25) is 5.02 Å². The van der Waals surface area contributed by atoms with Gasteiger partial charge >= 0.3 is 0 Å². The molecule has 5 rings (SSSR count). The number of aromatic nitrogens is 3. The lowest BCUT2D eigenvalue weighted by molar-refractivity contribution is 0.0969. The molecule has 208 valence electrons. The molecule has 1 N–H and O–H groups in total. The fourth-order valence-corrected chi connectivity index (χ4v) is 8.19. The number of aliphatic hydroxyl groups is 1. The van der Waals surface area contributed by atoms with Gasteiger partial charge in [0.2, 0.25) is 0 Å². The highest BCUT2D eigenvalue weighted by Crippen LogP contribution is 2.47. The first kappa shape index (κ1) is 27.9. The molecule has 9 nitrogen and oxygen atoms in total. The Kier molecular flexibility index (Phi) is 7.87. The number of rotatable bonds is 7. The maximum atomic E-state index is 11.6. The van der Waals surface area contributed by atoms with Gasteiger partial charge in [-0.15, -0.1) is 0 Å². The van der Waals surface area contributed by atoms with E-state index in [1.165, 1.54) is 18.0 Å². The molecule has 3 aliphatic rings. The summed E-state index contributed by atoms with van der Waals surface area (Å²) in [5, 5.41) is 11.4. The minimum Gasteiger partial charge on any atom is -0.390 e. The second kappa shape index (κ2) is 10.7. The van der Waals surface area contributed by atoms with Gasteiger partial charge in [-0.05, 0) is 38.7 Å². The van der Waals surface area contributed by atoms with Crippen LogP contribution in [0.5, 0.6) is 0 Å². The topological polar surface area (TPSA) is 109 Å². The molecule has 3 saturated heterocycles. The highest BCUT2D eigenvalue weighted by atomic mass is 35.5. The summed E-state index contributed by atoms with van der Waals surface area (Å²) < 4.78 is 29.2. The van der Waals surface area contributed by atoms with E-state index in [2.05, 4.69) is 23.7 Å². The van der Waals surface area contributed by atoms with Gasteiger partial charge in [-0.25, -0.2) is 23.4 Å². The van der Waals surface area contributed by atoms with Crippen molar-refractivity contribution in [2.24, 2.45) is 17.3 Å². The molecule has 1 spiro atoms. The molecule has 0 bridgehead atoms. The summed E-state index contributed by atoms with van der Waals surface area (Å²) in [7, 11) is -3.01. The summed E-state index contributed by atoms with van der Waals surface area (Å²) in [5.74, 6) is 2.19. The number of aliphatic hydroxyl groups excluding tert-OH is 1. The van der Waals surface area contributed by atoms with Crippen molar-refractivity contribution >= 4 is 44.8 Å². The molecule has 12 heteroatoms. The van der Waals surface area contributed by atoms with Gasteiger partial charge in [-0.3, -0.25) is 0 Å². The molecule has 0 amide bonds. The van der Waals surface area contributed by atoms with Crippen molar-refractivity contribution in [1.29, 1.82) is 0 Å². The van der Waals surface area contributed by atoms with E-state index in [4.69, 9.17) is 26.3 Å². The van der Waals surface area contributed by atoms with E-state index in [9.17, 15) is 13.5 Å². The first-order chi connectivity index (χ1) is 18.0. The molecule has 0 aromatic carbocycles. The maximum Gasteiger partial charge on any atom is 0.153 e. The van der Waals surface area contributed by atoms with Crippen LogP contribution in [0.25, 0.3) is 0 Å². The number of hydrogen-bond donors (Lipinski definition) is 1. The van der Waals surface area contributed by atoms with E-state index in [0.29, 0.717) is 46.7 Å². The molecular formula is C26H36ClN5O4S2. The largest absolute Gasteiger partial charge is 0.390 e. The Morgan fingerprint density at radius 3 is 2.50 bits per heavy atom. The number of hydrogen-bond acceptors (Lipinski definition) is 10. The van der Waals surface area contributed by atoms with Crippen LogP contribution in [0.4, 0.5) is 11.6 Å². The molecule has 2 aromatic heterocycles. The quantitative estimate of drug-likeness (QED) is 0.521. The van der Waals surface area contributed by atoms with E-state index in [0.717, 1.165) is 48.9 Å². The van der Waals surface area contributed by atoms with Crippen LogP contribution < -0.4 is 9.80 Å². The zero-order chi connectivity index (χ0) is 27.2. The molecule has 2 aromatic rings. The molecule has 3 fully saturated rings. The summed E-state index contributed by atoms with van der Waals surface area (Å²) in [5.41, 5.74) is 1.57. The Morgan fingerprint density at radius 1 is 1.18 bits per heavy atom. The van der Waals surface area contributed by atoms with E-state index in [-0.39, 0.29) is 23.7 Å². The standard InChI is InChI=1S/C26H36ClN5O4S2/c1-16-18(3)36-15-26(16)6-9-31(10-7-26)23-20(13-33)30-25(17(2)29-23)37-21-5-8-28-24(22(21)27)32-11-19(12-32)14-38(4,34)35/h5,8,16,18-19,33H,6-7,9-15H2,1-4H3/t16-,18+/m1/s1. The molecule has 0 aliphatic carbocycles. The van der Waals surface area contributed by atoms with Crippen molar-refractivity contribution in [3.63, 3.8) is 0 Å². The van der Waals surface area contributed by atoms with Gasteiger partial charge in [0.05, 0.1) is 35.8 Å². The summed E-state index contributed by atoms with van der Waals surface area (Å²) in [6.07, 6.45) is 5.34. The number of halogens is 1. The third kappa shape index (κ3) is 5.50. The van der Waals surface area contributed by atoms with Crippen LogP contribution in [0.15, 0.2) is 22.2 Å². The molecule has 5 heterocycles. The summed E-state index contributed by atoms with van der Waals surface area (Å²) >= 11 is 8.15. The fourth-order valence-electron chi connectivity index (χ4n) is 5.91. The van der Waals surface area contributed by atoms with Crippen molar-refractivity contribution in [1.82, 2.24) is 15.0 Å². The predicted octanol–water partition coefficient (Wildman–Crippen LogP) is 3.60. The lowest BCUT2D eigenvalue weighted by Crippen LogP contribution is -2.50. The molecule has 38 heavy (non-hydrogen) atoms. The van der Waals surface area contributed by atoms with E-state index < -0.39 is 9.84 Å². The third-order valence-electron chi connectivity index (χ3n) is 8.43. The van der Waals surface area contributed by atoms with Gasteiger partial charge in [-0.2, -0.15) is 0 Å². The smallest absolute Gasteiger partial charge is 0.153 e. The SMILES string of the molecule is Cc1nc(N2CCC3(CC2)CO[C@@H](C)[C@H]3C)c(CO)nc1Sc1ccnc(N2CC(CS(C)(=O)=O)C2)c1Cl. The van der Waals surface area contributed by atoms with Gasteiger partial charge in [-0.1, -0.05) is 30.3 Å². The van der Waals surface area contributed by atoms with Crippen LogP contribution in [-0.4, -0.2) is 79.4 Å². The van der Waals surface area contributed by atoms with Gasteiger partial charge in [0.1, 0.15) is 26.4 Å². The van der Waals surface area contributed by atoms with Gasteiger partial charge < -0.3 is 19.6 Å². The van der Waals surface area contributed by atoms with Crippen molar-refractivity contribution in [2.45, 2.75) is 56.2 Å². The minimum absolute atomic E-state index is 0.0874. The van der Waals surface area contributed by atoms with Crippen LogP contribution in [-0.2, 0) is 21.2 Å². The number of piperidine rings is 1. The highest BCUT2D eigenvalue weighted by molar-refractivity contribution is 7.99. The Morgan fingerprint density at radius 2 is 1.89 bits per heavy atom. The summed E-state index contributed by atoms with van der Waals surface area (Å²) in [6.45, 7) is 9.97. The number of ether oxygens (including phenoxy) is 1. The Hall–Kier alpha value is -1.66. The fraction of sp³-hybridized carbons (Fsp3) is 0.654. The van der Waals surface area contributed by atoms with E-state index in [1.54, 1.807) is 6.20 Å². The van der Waals surface area contributed by atoms with E-state index in [1.807, 2.05) is 17.9 Å². The average Bonchev–Trinajstić information content (AvgIpc) is 3.12. The summed E-state index contributed by atoms with van der Waals surface area (Å²) in [6, 6.07) is 1.84. The number of pyridine rings is 1. The van der Waals surface area contributed by atoms with Gasteiger partial charge in [0.25, 0.3) is 0 Å². The minimum atomic E-state index is -3.01. The number of anilines is 2. The second-order valence-electron chi connectivity index (χ2n) is 11.1. The number of sulfone groups is 1. The first-order valence-electron chi connectivity index (χ1n) is 13.1. The molecule has 2 atom stereocenters. The zero-order valence-electron chi connectivity index (χ0n) is 22.4. The normalized spacial score (nSPS) is 23.7. The van der Waals surface area contributed by atoms with Gasteiger partial charge in [0, 0.05) is 54.9 Å². The average molecular weight is 582 g/mol. The van der Waals surface area contributed by atoms with Crippen molar-refractivity contribution < 1.29 is 18.3 Å². The van der Waals surface area contributed by atoms with Crippen molar-refractivity contribution in [3.8, 4) is 0 Å². The van der Waals surface area contributed by atoms with Gasteiger partial charge in [0.15, 0.2) is 5.82 Å². The van der Waals surface area contributed by atoms with Crippen molar-refractivity contribution in [2.75, 3.05) is 54.6 Å². The van der Waals surface area contributed by atoms with Crippen molar-refractivity contribution in [3.05, 3.63) is 28.7 Å². The lowest BCUT2D eigenvalue weighted by Gasteiger charge is -2.42. The van der Waals surface area contributed by atoms with Crippen LogP contribution in [0.1, 0.15) is 38.1 Å². The third-order valence-corrected chi connectivity index (χ3v) is 11.1. The Bertz CT molecular complexity index is 1300. The molecule has 0 radical (unpaired) electrons. The zero-order valence-corrected chi connectivity index (χ0v) is 24.7. The first-order valence-corrected chi connectivity index (χ1v) is 16.3. The predicted molar refractivity (Wildman–Crippen MR) is 150 cm³/mol. The van der Waals surface area contributed by atoms with E-state index >= 15 is 0 Å². The lowest BCUT2D eigenvalue weighted by atomic mass is 9.70. The maximum absolute atomic E-state index is 11.6. The second-order valence-corrected chi connectivity index (χ2v) is 14.7. The number of nitrogens with zero attached hydrogens (tertiary/aromatic N) is 5. The Balaban J connectivity index is 1.30. The Labute approximate surface area is 234 Å².